The first kappa shape index (κ1) is 21.0. The summed E-state index contributed by atoms with van der Waals surface area (Å²) >= 11 is 0. The first-order valence-corrected chi connectivity index (χ1v) is 10.9. The van der Waals surface area contributed by atoms with Crippen LogP contribution in [0.2, 0.25) is 0 Å². The number of nitrogens with two attached hydrogens (primary N) is 1. The highest BCUT2D eigenvalue weighted by molar-refractivity contribution is 5.69. The number of aromatic nitrogens is 5. The van der Waals surface area contributed by atoms with E-state index in [1.807, 2.05) is 18.2 Å². The third-order valence-electron chi connectivity index (χ3n) is 5.82. The Bertz CT molecular complexity index is 1190. The van der Waals surface area contributed by atoms with Gasteiger partial charge in [0.25, 0.3) is 0 Å². The van der Waals surface area contributed by atoms with Gasteiger partial charge in [-0.1, -0.05) is 36.4 Å². The van der Waals surface area contributed by atoms with Gasteiger partial charge in [-0.05, 0) is 52.9 Å². The third kappa shape index (κ3) is 4.84. The van der Waals surface area contributed by atoms with Crippen LogP contribution in [0.25, 0.3) is 22.5 Å². The number of aromatic amines is 1. The number of nitrogens with one attached hydrogen (secondary N) is 2. The van der Waals surface area contributed by atoms with Gasteiger partial charge in [0, 0.05) is 30.4 Å². The van der Waals surface area contributed by atoms with Gasteiger partial charge < -0.3 is 20.9 Å². The molecule has 1 aliphatic heterocycles. The minimum absolute atomic E-state index is 0.0642. The van der Waals surface area contributed by atoms with Crippen LogP contribution in [0.1, 0.15) is 23.7 Å². The first-order valence-electron chi connectivity index (χ1n) is 10.9. The Morgan fingerprint density at radius 1 is 1.09 bits per heavy atom. The smallest absolute Gasteiger partial charge is 0.204 e. The number of aliphatic hydroxyl groups is 1. The second-order valence-electron chi connectivity index (χ2n) is 8.10. The van der Waals surface area contributed by atoms with Crippen molar-refractivity contribution in [1.29, 1.82) is 0 Å². The van der Waals surface area contributed by atoms with Gasteiger partial charge in [0.1, 0.15) is 17.7 Å². The van der Waals surface area contributed by atoms with Gasteiger partial charge in [0.15, 0.2) is 0 Å². The molecule has 4 aromatic rings. The van der Waals surface area contributed by atoms with E-state index in [4.69, 9.17) is 10.5 Å². The molecule has 5 rings (SSSR count). The summed E-state index contributed by atoms with van der Waals surface area (Å²) in [5.74, 6) is 1.94. The van der Waals surface area contributed by atoms with Crippen molar-refractivity contribution in [3.63, 3.8) is 0 Å². The van der Waals surface area contributed by atoms with E-state index in [0.29, 0.717) is 24.7 Å². The largest absolute Gasteiger partial charge is 0.489 e. The number of hydrogen-bond acceptors (Lipinski definition) is 8. The van der Waals surface area contributed by atoms with E-state index >= 15 is 0 Å². The molecule has 0 radical (unpaired) electrons. The Labute approximate surface area is 191 Å². The van der Waals surface area contributed by atoms with Crippen molar-refractivity contribution >= 4 is 5.82 Å². The molecule has 2 aromatic heterocycles. The topological polar surface area (TPSA) is 135 Å². The lowest BCUT2D eigenvalue weighted by molar-refractivity contribution is 0.146. The van der Waals surface area contributed by atoms with Crippen molar-refractivity contribution in [2.24, 2.45) is 0 Å². The summed E-state index contributed by atoms with van der Waals surface area (Å²) in [6.45, 7) is 1.09. The van der Waals surface area contributed by atoms with Crippen molar-refractivity contribution < 1.29 is 9.84 Å². The standard InChI is InChI=1S/C24H25N7O2/c25-23-10-7-19(12-27-23)21(32)14-26-13-20-8-5-18-11-17(6-9-22(18)33-20)15-1-3-16(4-2-15)24-28-30-31-29-24/h1-4,6-7,9-12,20-21,26,32H,5,8,13-14H2,(H2,25,27)(H,28,29,30,31)/t20?,21-/m0/s1. The molecular weight excluding hydrogens is 418 g/mol. The molecule has 0 bridgehead atoms. The van der Waals surface area contributed by atoms with Crippen molar-refractivity contribution in [3.05, 3.63) is 71.9 Å². The third-order valence-corrected chi connectivity index (χ3v) is 5.82. The predicted octanol–water partition coefficient (Wildman–Crippen LogP) is 2.53. The number of fused-ring (bicyclic) bond motifs is 1. The van der Waals surface area contributed by atoms with Crippen LogP contribution in [0, 0.1) is 0 Å². The number of H-pyrrole nitrogens is 1. The SMILES string of the molecule is Nc1ccc([C@@H](O)CNCC2CCc3cc(-c4ccc(-c5nn[nH]n5)cc4)ccc3O2)cn1. The summed E-state index contributed by atoms with van der Waals surface area (Å²) in [6.07, 6.45) is 2.89. The zero-order valence-corrected chi connectivity index (χ0v) is 18.0. The van der Waals surface area contributed by atoms with E-state index < -0.39 is 6.10 Å². The van der Waals surface area contributed by atoms with Gasteiger partial charge in [-0.25, -0.2) is 4.98 Å². The number of hydrogen-bond donors (Lipinski definition) is 4. The number of ether oxygens (including phenoxy) is 1. The number of aryl methyl sites for hydroxylation is 1. The number of tetrazole rings is 1. The Kier molecular flexibility index (Phi) is 5.97. The zero-order chi connectivity index (χ0) is 22.6. The van der Waals surface area contributed by atoms with Gasteiger partial charge >= 0.3 is 0 Å². The molecule has 5 N–H and O–H groups in total. The highest BCUT2D eigenvalue weighted by Gasteiger charge is 2.20. The quantitative estimate of drug-likeness (QED) is 0.342. The number of aliphatic hydroxyl groups excluding tert-OH is 1. The summed E-state index contributed by atoms with van der Waals surface area (Å²) in [4.78, 5) is 4.02. The van der Waals surface area contributed by atoms with Crippen LogP contribution in [0.5, 0.6) is 5.75 Å². The molecule has 3 heterocycles. The molecule has 9 nitrogen and oxygen atoms in total. The van der Waals surface area contributed by atoms with Gasteiger partial charge in [-0.15, -0.1) is 10.2 Å². The Balaban J connectivity index is 1.17. The fourth-order valence-electron chi connectivity index (χ4n) is 3.98. The highest BCUT2D eigenvalue weighted by Crippen LogP contribution is 2.32. The molecule has 0 amide bonds. The highest BCUT2D eigenvalue weighted by atomic mass is 16.5. The van der Waals surface area contributed by atoms with Crippen LogP contribution in [0.15, 0.2) is 60.8 Å². The van der Waals surface area contributed by atoms with E-state index in [-0.39, 0.29) is 6.10 Å². The average Bonchev–Trinajstić information content (AvgIpc) is 3.39. The Morgan fingerprint density at radius 3 is 2.67 bits per heavy atom. The Morgan fingerprint density at radius 2 is 1.91 bits per heavy atom. The van der Waals surface area contributed by atoms with Crippen LogP contribution in [-0.4, -0.2) is 49.9 Å². The fraction of sp³-hybridized carbons (Fsp3) is 0.250. The molecule has 0 fully saturated rings. The Hall–Kier alpha value is -3.82. The summed E-state index contributed by atoms with van der Waals surface area (Å²) in [5.41, 5.74) is 10.7. The molecule has 0 spiro atoms. The van der Waals surface area contributed by atoms with E-state index in [9.17, 15) is 5.11 Å². The van der Waals surface area contributed by atoms with E-state index in [2.05, 4.69) is 55.2 Å². The zero-order valence-electron chi connectivity index (χ0n) is 18.0. The number of pyridine rings is 1. The molecule has 168 valence electrons. The average molecular weight is 444 g/mol. The summed E-state index contributed by atoms with van der Waals surface area (Å²) in [6, 6.07) is 17.9. The van der Waals surface area contributed by atoms with E-state index in [1.54, 1.807) is 18.3 Å². The number of benzene rings is 2. The normalized spacial score (nSPS) is 16.1. The molecule has 0 saturated heterocycles. The van der Waals surface area contributed by atoms with Crippen LogP contribution in [0.3, 0.4) is 0 Å². The lowest BCUT2D eigenvalue weighted by atomic mass is 9.96. The number of rotatable bonds is 7. The minimum Gasteiger partial charge on any atom is -0.489 e. The van der Waals surface area contributed by atoms with Crippen molar-refractivity contribution in [3.8, 4) is 28.3 Å². The molecular formula is C24H25N7O2. The van der Waals surface area contributed by atoms with Crippen LogP contribution < -0.4 is 15.8 Å². The molecule has 33 heavy (non-hydrogen) atoms. The second kappa shape index (κ2) is 9.35. The monoisotopic (exact) mass is 443 g/mol. The van der Waals surface area contributed by atoms with Crippen LogP contribution >= 0.6 is 0 Å². The van der Waals surface area contributed by atoms with Gasteiger partial charge in [-0.3, -0.25) is 0 Å². The van der Waals surface area contributed by atoms with Gasteiger partial charge in [-0.2, -0.15) is 5.21 Å². The van der Waals surface area contributed by atoms with Crippen molar-refractivity contribution in [2.75, 3.05) is 18.8 Å². The van der Waals surface area contributed by atoms with Gasteiger partial charge in [0.05, 0.1) is 6.10 Å². The molecule has 2 aromatic carbocycles. The maximum Gasteiger partial charge on any atom is 0.204 e. The lowest BCUT2D eigenvalue weighted by Gasteiger charge is -2.27. The van der Waals surface area contributed by atoms with Crippen LogP contribution in [0.4, 0.5) is 5.82 Å². The van der Waals surface area contributed by atoms with Crippen LogP contribution in [-0.2, 0) is 6.42 Å². The van der Waals surface area contributed by atoms with E-state index in [0.717, 1.165) is 40.8 Å². The molecule has 0 aliphatic carbocycles. The molecule has 1 unspecified atom stereocenters. The number of nitrogens with zero attached hydrogens (tertiary/aromatic N) is 4. The predicted molar refractivity (Wildman–Crippen MR) is 124 cm³/mol. The molecule has 1 aliphatic rings. The molecule has 0 saturated carbocycles. The van der Waals surface area contributed by atoms with E-state index in [1.165, 1.54) is 5.56 Å². The summed E-state index contributed by atoms with van der Waals surface area (Å²) in [7, 11) is 0. The summed E-state index contributed by atoms with van der Waals surface area (Å²) < 4.78 is 6.19. The second-order valence-corrected chi connectivity index (χ2v) is 8.10. The fourth-order valence-corrected chi connectivity index (χ4v) is 3.98. The first-order chi connectivity index (χ1) is 16.2. The van der Waals surface area contributed by atoms with Crippen molar-refractivity contribution in [1.82, 2.24) is 30.9 Å². The molecule has 9 heteroatoms. The number of anilines is 1. The minimum atomic E-state index is -0.636. The summed E-state index contributed by atoms with van der Waals surface area (Å²) in [5, 5.41) is 27.7. The maximum absolute atomic E-state index is 10.3. The van der Waals surface area contributed by atoms with Gasteiger partial charge in [0.2, 0.25) is 5.82 Å². The lowest BCUT2D eigenvalue weighted by Crippen LogP contribution is -2.36. The molecule has 2 atom stereocenters. The number of nitrogen functional groups attached to an aromatic ring is 1. The maximum atomic E-state index is 10.3. The van der Waals surface area contributed by atoms with Crippen molar-refractivity contribution in [2.45, 2.75) is 25.0 Å².